The minimum atomic E-state index is -4.89. The maximum Gasteiger partial charge on any atom is 0.416 e. The first-order chi connectivity index (χ1) is 15.3. The van der Waals surface area contributed by atoms with Gasteiger partial charge in [-0.15, -0.1) is 0 Å². The Bertz CT molecular complexity index is 1230. The second-order valence-corrected chi connectivity index (χ2v) is 7.20. The Hall–Kier alpha value is -3.99. The van der Waals surface area contributed by atoms with Crippen LogP contribution in [0.1, 0.15) is 35.2 Å². The van der Waals surface area contributed by atoms with Gasteiger partial charge in [0.05, 0.1) is 46.1 Å². The molecule has 0 unspecified atom stereocenters. The van der Waals surface area contributed by atoms with Crippen LogP contribution in [0.2, 0.25) is 0 Å². The third-order valence-corrected chi connectivity index (χ3v) is 5.21. The second-order valence-electron chi connectivity index (χ2n) is 7.20. The fraction of sp³-hybridized carbons (Fsp3) is 0.227. The lowest BCUT2D eigenvalue weighted by Crippen LogP contribution is -2.48. The normalized spacial score (nSPS) is 17.2. The molecule has 0 radical (unpaired) electrons. The van der Waals surface area contributed by atoms with E-state index in [0.29, 0.717) is 12.1 Å². The molecule has 5 nitrogen and oxygen atoms in total. The number of urea groups is 1. The molecule has 2 aromatic carbocycles. The fourth-order valence-electron chi connectivity index (χ4n) is 3.66. The van der Waals surface area contributed by atoms with Gasteiger partial charge in [0, 0.05) is 12.7 Å². The van der Waals surface area contributed by atoms with Gasteiger partial charge in [0.1, 0.15) is 0 Å². The average molecular weight is 464 g/mol. The van der Waals surface area contributed by atoms with Crippen molar-refractivity contribution in [2.45, 2.75) is 25.3 Å². The largest absolute Gasteiger partial charge is 0.416 e. The highest BCUT2D eigenvalue weighted by Crippen LogP contribution is 2.44. The van der Waals surface area contributed by atoms with Gasteiger partial charge in [-0.05, 0) is 42.8 Å². The zero-order valence-electron chi connectivity index (χ0n) is 17.1. The predicted octanol–water partition coefficient (Wildman–Crippen LogP) is 6.01. The number of halogens is 6. The lowest BCUT2D eigenvalue weighted by atomic mass is 9.89. The molecule has 1 heterocycles. The molecule has 0 bridgehead atoms. The molecule has 1 aliphatic heterocycles. The molecule has 170 valence electrons. The highest BCUT2D eigenvalue weighted by atomic mass is 19.4. The summed E-state index contributed by atoms with van der Waals surface area (Å²) < 4.78 is 80.7. The zero-order chi connectivity index (χ0) is 24.7. The Morgan fingerprint density at radius 1 is 0.939 bits per heavy atom. The lowest BCUT2D eigenvalue weighted by Gasteiger charge is -2.40. The van der Waals surface area contributed by atoms with Crippen LogP contribution >= 0.6 is 0 Å². The van der Waals surface area contributed by atoms with Crippen LogP contribution in [0.4, 0.5) is 36.8 Å². The molecule has 1 atom stereocenters. The fourth-order valence-corrected chi connectivity index (χ4v) is 3.66. The number of amides is 2. The smallest absolute Gasteiger partial charge is 0.315 e. The number of likely N-dealkylation sites (N-methyl/N-ethyl adjacent to an activating group) is 1. The van der Waals surface area contributed by atoms with Crippen LogP contribution in [0.15, 0.2) is 53.7 Å². The van der Waals surface area contributed by atoms with Crippen molar-refractivity contribution in [1.29, 1.82) is 10.5 Å². The van der Waals surface area contributed by atoms with Gasteiger partial charge in [0.15, 0.2) is 0 Å². The summed E-state index contributed by atoms with van der Waals surface area (Å²) in [5.74, 6) is 0. The molecule has 33 heavy (non-hydrogen) atoms. The molecule has 3 rings (SSSR count). The summed E-state index contributed by atoms with van der Waals surface area (Å²) in [5.41, 5.74) is -3.49. The van der Waals surface area contributed by atoms with Gasteiger partial charge in [0.25, 0.3) is 0 Å². The number of anilines is 1. The number of nitriles is 2. The van der Waals surface area contributed by atoms with E-state index in [4.69, 9.17) is 5.26 Å². The molecule has 0 aromatic heterocycles. The van der Waals surface area contributed by atoms with Crippen LogP contribution in [0.5, 0.6) is 0 Å². The molecule has 0 saturated heterocycles. The molecule has 0 aliphatic carbocycles. The Morgan fingerprint density at radius 3 is 2.15 bits per heavy atom. The number of hydrogen-bond donors (Lipinski definition) is 0. The molecule has 11 heteroatoms. The first-order valence-electron chi connectivity index (χ1n) is 9.27. The van der Waals surface area contributed by atoms with E-state index in [1.54, 1.807) is 12.1 Å². The molecule has 0 spiro atoms. The van der Waals surface area contributed by atoms with Gasteiger partial charge in [-0.3, -0.25) is 4.90 Å². The van der Waals surface area contributed by atoms with Crippen LogP contribution in [-0.4, -0.2) is 18.0 Å². The number of rotatable bonds is 2. The van der Waals surface area contributed by atoms with Crippen LogP contribution in [0, 0.1) is 22.7 Å². The van der Waals surface area contributed by atoms with Gasteiger partial charge >= 0.3 is 18.4 Å². The lowest BCUT2D eigenvalue weighted by molar-refractivity contribution is -0.139. The van der Waals surface area contributed by atoms with Gasteiger partial charge in [-0.2, -0.15) is 36.9 Å². The van der Waals surface area contributed by atoms with Crippen LogP contribution in [0.3, 0.4) is 0 Å². The monoisotopic (exact) mass is 464 g/mol. The molecular formula is C22H14F6N4O. The minimum Gasteiger partial charge on any atom is -0.315 e. The van der Waals surface area contributed by atoms with Gasteiger partial charge in [0.2, 0.25) is 0 Å². The van der Waals surface area contributed by atoms with E-state index in [9.17, 15) is 36.4 Å². The number of allylic oxidation sites excluding steroid dienone is 1. The van der Waals surface area contributed by atoms with E-state index in [-0.39, 0.29) is 22.5 Å². The number of benzene rings is 2. The number of carbonyl (C=O) groups is 1. The maximum atomic E-state index is 13.7. The number of carbonyl (C=O) groups excluding carboxylic acids is 1. The highest BCUT2D eigenvalue weighted by Gasteiger charge is 2.43. The first kappa shape index (κ1) is 23.7. The second kappa shape index (κ2) is 8.17. The van der Waals surface area contributed by atoms with Crippen LogP contribution < -0.4 is 4.90 Å². The van der Waals surface area contributed by atoms with Crippen molar-refractivity contribution in [1.82, 2.24) is 4.90 Å². The standard InChI is InChI=1S/C22H14F6N4O/c1-12-17(11-30)19(16-7-6-13(10-29)8-18(16)22(26,27)28)31(2)20(33)32(12)15-5-3-4-14(9-15)21(23,24)25/h3-9,19H,1-2H3/t19-/m1/s1. The molecule has 0 fully saturated rings. The SMILES string of the molecule is CC1=C(C#N)[C@@H](c2ccc(C#N)cc2C(F)(F)F)N(C)C(=O)N1c1cccc(C(F)(F)F)c1. The quantitative estimate of drug-likeness (QED) is 0.512. The number of hydrogen-bond acceptors (Lipinski definition) is 3. The van der Waals surface area contributed by atoms with Crippen LogP contribution in [-0.2, 0) is 12.4 Å². The summed E-state index contributed by atoms with van der Waals surface area (Å²) in [5, 5.41) is 18.7. The third-order valence-electron chi connectivity index (χ3n) is 5.21. The first-order valence-corrected chi connectivity index (χ1v) is 9.27. The molecule has 0 N–H and O–H groups in total. The van der Waals surface area contributed by atoms with Crippen molar-refractivity contribution < 1.29 is 31.1 Å². The molecule has 2 amide bonds. The topological polar surface area (TPSA) is 71.1 Å². The van der Waals surface area contributed by atoms with Gasteiger partial charge in [-0.25, -0.2) is 4.79 Å². The Balaban J connectivity index is 2.23. The van der Waals surface area contributed by atoms with Crippen molar-refractivity contribution in [2.24, 2.45) is 0 Å². The van der Waals surface area contributed by atoms with Crippen molar-refractivity contribution >= 4 is 11.7 Å². The average Bonchev–Trinajstić information content (AvgIpc) is 2.75. The maximum absolute atomic E-state index is 13.7. The van der Waals surface area contributed by atoms with Crippen molar-refractivity contribution in [3.05, 3.63) is 76.0 Å². The summed E-state index contributed by atoms with van der Waals surface area (Å²) in [7, 11) is 1.15. The van der Waals surface area contributed by atoms with Crippen molar-refractivity contribution in [3.8, 4) is 12.1 Å². The highest BCUT2D eigenvalue weighted by molar-refractivity contribution is 5.97. The Morgan fingerprint density at radius 2 is 1.61 bits per heavy atom. The van der Waals surface area contributed by atoms with E-state index in [1.165, 1.54) is 13.0 Å². The van der Waals surface area contributed by atoms with E-state index >= 15 is 0 Å². The Kier molecular flexibility index (Phi) is 5.86. The summed E-state index contributed by atoms with van der Waals surface area (Å²) in [6.45, 7) is 1.27. The molecular weight excluding hydrogens is 450 g/mol. The van der Waals surface area contributed by atoms with Crippen molar-refractivity contribution in [3.63, 3.8) is 0 Å². The zero-order valence-corrected chi connectivity index (χ0v) is 17.1. The van der Waals surface area contributed by atoms with Crippen LogP contribution in [0.25, 0.3) is 0 Å². The van der Waals surface area contributed by atoms with E-state index < -0.39 is 41.1 Å². The molecule has 0 saturated carbocycles. The van der Waals surface area contributed by atoms with E-state index in [0.717, 1.165) is 41.1 Å². The summed E-state index contributed by atoms with van der Waals surface area (Å²) >= 11 is 0. The molecule has 1 aliphatic rings. The Labute approximate surface area is 184 Å². The van der Waals surface area contributed by atoms with Gasteiger partial charge in [-0.1, -0.05) is 12.1 Å². The van der Waals surface area contributed by atoms with E-state index in [1.807, 2.05) is 0 Å². The number of nitrogens with zero attached hydrogens (tertiary/aromatic N) is 4. The minimum absolute atomic E-state index is 0.109. The predicted molar refractivity (Wildman–Crippen MR) is 104 cm³/mol. The van der Waals surface area contributed by atoms with Crippen molar-refractivity contribution in [2.75, 3.05) is 11.9 Å². The summed E-state index contributed by atoms with van der Waals surface area (Å²) in [4.78, 5) is 14.8. The van der Waals surface area contributed by atoms with Gasteiger partial charge < -0.3 is 4.90 Å². The molecule has 2 aromatic rings. The summed E-state index contributed by atoms with van der Waals surface area (Å²) in [6.07, 6.45) is -9.58. The van der Waals surface area contributed by atoms with E-state index in [2.05, 4.69) is 0 Å². The summed E-state index contributed by atoms with van der Waals surface area (Å²) in [6, 6.07) is 7.62. The number of alkyl halides is 6. The third kappa shape index (κ3) is 4.22.